The summed E-state index contributed by atoms with van der Waals surface area (Å²) in [6.45, 7) is 1.81. The lowest BCUT2D eigenvalue weighted by Gasteiger charge is -2.13. The van der Waals surface area contributed by atoms with E-state index in [0.29, 0.717) is 11.1 Å². The molecule has 0 radical (unpaired) electrons. The van der Waals surface area contributed by atoms with E-state index < -0.39 is 55.7 Å². The van der Waals surface area contributed by atoms with Gasteiger partial charge in [0.15, 0.2) is 11.3 Å². The molecule has 7 nitrogen and oxygen atoms in total. The van der Waals surface area contributed by atoms with Gasteiger partial charge in [0, 0.05) is 11.2 Å². The number of nitrogens with zero attached hydrogens (tertiary/aromatic N) is 4. The summed E-state index contributed by atoms with van der Waals surface area (Å²) in [4.78, 5) is 15.9. The molecule has 0 bridgehead atoms. The first-order chi connectivity index (χ1) is 15.1. The van der Waals surface area contributed by atoms with Gasteiger partial charge in [0.2, 0.25) is 5.11 Å². The highest BCUT2D eigenvalue weighted by molar-refractivity contribution is 7.94. The Morgan fingerprint density at radius 3 is 2.27 bits per heavy atom. The number of halogens is 6. The molecular weight excluding hydrogens is 496 g/mol. The standard InChI is InChI=1S/C18H13F6N5O2S2/c1-9-3-5-10(6-4-9)33(2,31)28-16(32)27-15(30)11-8-25-29-13(18(22,23)24)7-12(17(19,20)21)26-14(11)29/h3-8H,1-2H3,(H,27,30,32)/t33-/m0/s1. The van der Waals surface area contributed by atoms with Gasteiger partial charge in [0.1, 0.15) is 11.3 Å². The van der Waals surface area contributed by atoms with Gasteiger partial charge in [-0.05, 0) is 37.3 Å². The van der Waals surface area contributed by atoms with Crippen LogP contribution in [0.4, 0.5) is 26.3 Å². The number of carbonyl (C=O) groups is 1. The summed E-state index contributed by atoms with van der Waals surface area (Å²) in [6.07, 6.45) is -8.57. The van der Waals surface area contributed by atoms with E-state index >= 15 is 0 Å². The van der Waals surface area contributed by atoms with E-state index in [0.717, 1.165) is 5.56 Å². The number of fused-ring (bicyclic) bond motifs is 1. The molecule has 1 N–H and O–H groups in total. The molecule has 1 amide bonds. The van der Waals surface area contributed by atoms with Crippen molar-refractivity contribution < 1.29 is 35.3 Å². The number of aryl methyl sites for hydroxylation is 1. The van der Waals surface area contributed by atoms with Crippen LogP contribution in [0, 0.1) is 6.92 Å². The monoisotopic (exact) mass is 509 g/mol. The Bertz CT molecular complexity index is 1370. The number of hydrogen-bond donors (Lipinski definition) is 1. The minimum absolute atomic E-state index is 0.0691. The van der Waals surface area contributed by atoms with E-state index in [1.54, 1.807) is 12.1 Å². The lowest BCUT2D eigenvalue weighted by molar-refractivity contribution is -0.148. The number of nitrogens with one attached hydrogen (secondary N) is 1. The van der Waals surface area contributed by atoms with Crippen LogP contribution in [0.3, 0.4) is 0 Å². The number of rotatable bonds is 2. The third kappa shape index (κ3) is 5.30. The van der Waals surface area contributed by atoms with Crippen LogP contribution in [0.2, 0.25) is 0 Å². The van der Waals surface area contributed by atoms with Crippen LogP contribution in [0.25, 0.3) is 5.65 Å². The molecule has 176 valence electrons. The van der Waals surface area contributed by atoms with Crippen LogP contribution in [0.5, 0.6) is 0 Å². The molecule has 2 aromatic heterocycles. The Kier molecular flexibility index (Phi) is 6.23. The smallest absolute Gasteiger partial charge is 0.296 e. The molecule has 0 fully saturated rings. The zero-order valence-corrected chi connectivity index (χ0v) is 18.3. The number of aromatic nitrogens is 3. The van der Waals surface area contributed by atoms with Crippen molar-refractivity contribution in [3.63, 3.8) is 0 Å². The maximum Gasteiger partial charge on any atom is 0.433 e. The second kappa shape index (κ2) is 8.37. The van der Waals surface area contributed by atoms with Gasteiger partial charge in [-0.1, -0.05) is 17.7 Å². The first-order valence-corrected chi connectivity index (χ1v) is 11.1. The Balaban J connectivity index is 2.00. The molecule has 3 rings (SSSR count). The fraction of sp³-hybridized carbons (Fsp3) is 0.222. The van der Waals surface area contributed by atoms with Crippen molar-refractivity contribution in [1.29, 1.82) is 0 Å². The summed E-state index contributed by atoms with van der Waals surface area (Å²) in [6, 6.07) is 6.22. The van der Waals surface area contributed by atoms with E-state index in [-0.39, 0.29) is 10.6 Å². The predicted octanol–water partition coefficient (Wildman–Crippen LogP) is 4.25. The largest absolute Gasteiger partial charge is 0.433 e. The van der Waals surface area contributed by atoms with Crippen LogP contribution in [-0.2, 0) is 22.1 Å². The minimum Gasteiger partial charge on any atom is -0.296 e. The second-order valence-electron chi connectivity index (χ2n) is 6.78. The number of alkyl halides is 6. The normalized spacial score (nSPS) is 14.1. The fourth-order valence-electron chi connectivity index (χ4n) is 2.66. The highest BCUT2D eigenvalue weighted by Crippen LogP contribution is 2.35. The second-order valence-corrected chi connectivity index (χ2v) is 9.43. The predicted molar refractivity (Wildman–Crippen MR) is 109 cm³/mol. The molecular formula is C18H13F6N5O2S2. The Hall–Kier alpha value is -3.07. The molecule has 3 aromatic rings. The van der Waals surface area contributed by atoms with Crippen LogP contribution >= 0.6 is 12.2 Å². The molecule has 0 aliphatic carbocycles. The van der Waals surface area contributed by atoms with E-state index in [2.05, 4.69) is 14.4 Å². The van der Waals surface area contributed by atoms with Gasteiger partial charge < -0.3 is 0 Å². The molecule has 0 unspecified atom stereocenters. The lowest BCUT2D eigenvalue weighted by atomic mass is 10.2. The summed E-state index contributed by atoms with van der Waals surface area (Å²) in [7, 11) is -3.10. The molecule has 33 heavy (non-hydrogen) atoms. The van der Waals surface area contributed by atoms with Crippen LogP contribution in [-0.4, -0.2) is 36.1 Å². The van der Waals surface area contributed by atoms with Gasteiger partial charge in [-0.2, -0.15) is 35.8 Å². The average Bonchev–Trinajstić information content (AvgIpc) is 3.09. The minimum atomic E-state index is -5.22. The van der Waals surface area contributed by atoms with Gasteiger partial charge in [0.05, 0.1) is 15.9 Å². The van der Waals surface area contributed by atoms with Gasteiger partial charge >= 0.3 is 12.4 Å². The van der Waals surface area contributed by atoms with E-state index in [1.807, 2.05) is 12.2 Å². The molecule has 2 heterocycles. The van der Waals surface area contributed by atoms with Crippen LogP contribution in [0.1, 0.15) is 27.3 Å². The Morgan fingerprint density at radius 1 is 1.12 bits per heavy atom. The molecule has 15 heteroatoms. The maximum absolute atomic E-state index is 13.3. The molecule has 1 aromatic carbocycles. The molecule has 1 atom stereocenters. The fourth-order valence-corrected chi connectivity index (χ4v) is 4.29. The van der Waals surface area contributed by atoms with Crippen molar-refractivity contribution in [3.05, 3.63) is 59.0 Å². The summed E-state index contributed by atoms with van der Waals surface area (Å²) in [5.74, 6) is -1.22. The summed E-state index contributed by atoms with van der Waals surface area (Å²) in [5.41, 5.74) is -4.46. The summed E-state index contributed by atoms with van der Waals surface area (Å²) >= 11 is 4.89. The van der Waals surface area contributed by atoms with Gasteiger partial charge in [0.25, 0.3) is 5.91 Å². The number of hydrogen-bond acceptors (Lipinski definition) is 5. The molecule has 0 saturated carbocycles. The number of benzene rings is 1. The van der Waals surface area contributed by atoms with Gasteiger partial charge in [-0.25, -0.2) is 13.7 Å². The van der Waals surface area contributed by atoms with Crippen molar-refractivity contribution in [3.8, 4) is 0 Å². The first-order valence-electron chi connectivity index (χ1n) is 8.77. The number of thiocarbonyl (C=S) groups is 1. The highest BCUT2D eigenvalue weighted by Gasteiger charge is 2.41. The quantitative estimate of drug-likeness (QED) is 0.412. The average molecular weight is 509 g/mol. The van der Waals surface area contributed by atoms with Crippen LogP contribution in [0.15, 0.2) is 45.8 Å². The van der Waals surface area contributed by atoms with Crippen molar-refractivity contribution >= 4 is 38.6 Å². The van der Waals surface area contributed by atoms with Crippen molar-refractivity contribution in [1.82, 2.24) is 19.9 Å². The van der Waals surface area contributed by atoms with Gasteiger partial charge in [-0.3, -0.25) is 10.1 Å². The van der Waals surface area contributed by atoms with Crippen molar-refractivity contribution in [2.75, 3.05) is 6.26 Å². The van der Waals surface area contributed by atoms with E-state index in [9.17, 15) is 35.3 Å². The van der Waals surface area contributed by atoms with Crippen molar-refractivity contribution in [2.45, 2.75) is 24.2 Å². The third-order valence-electron chi connectivity index (χ3n) is 4.23. The van der Waals surface area contributed by atoms with E-state index in [4.69, 9.17) is 12.2 Å². The van der Waals surface area contributed by atoms with Crippen molar-refractivity contribution in [2.24, 2.45) is 4.36 Å². The summed E-state index contributed by atoms with van der Waals surface area (Å²) < 4.78 is 95.7. The van der Waals surface area contributed by atoms with Crippen LogP contribution < -0.4 is 5.32 Å². The molecule has 0 aliphatic rings. The Labute approximate surface area is 188 Å². The van der Waals surface area contributed by atoms with Gasteiger partial charge in [-0.15, -0.1) is 0 Å². The number of amides is 1. The number of carbonyl (C=O) groups excluding carboxylic acids is 1. The molecule has 0 saturated heterocycles. The SMILES string of the molecule is Cc1ccc([S@](C)(=O)=NC(=S)NC(=O)c2cnn3c(C(F)(F)F)cc(C(F)(F)F)nc23)cc1. The first kappa shape index (κ1) is 24.6. The molecule has 0 spiro atoms. The lowest BCUT2D eigenvalue weighted by Crippen LogP contribution is -2.28. The molecule has 0 aliphatic heterocycles. The zero-order chi connectivity index (χ0) is 24.8. The highest BCUT2D eigenvalue weighted by atomic mass is 32.2. The Morgan fingerprint density at radius 2 is 1.73 bits per heavy atom. The third-order valence-corrected chi connectivity index (χ3v) is 6.22. The zero-order valence-electron chi connectivity index (χ0n) is 16.7. The maximum atomic E-state index is 13.3. The van der Waals surface area contributed by atoms with E-state index in [1.165, 1.54) is 18.4 Å². The summed E-state index contributed by atoms with van der Waals surface area (Å²) in [5, 5.41) is 4.77. The topological polar surface area (TPSA) is 88.7 Å².